The normalized spacial score (nSPS) is 28.8. The van der Waals surface area contributed by atoms with Crippen LogP contribution in [0.3, 0.4) is 0 Å². The van der Waals surface area contributed by atoms with Crippen LogP contribution < -0.4 is 10.9 Å². The average Bonchev–Trinajstić information content (AvgIpc) is 2.55. The van der Waals surface area contributed by atoms with Gasteiger partial charge in [-0.2, -0.15) is 0 Å². The van der Waals surface area contributed by atoms with Crippen molar-refractivity contribution >= 4 is 5.69 Å². The standard InChI is InChI=1S/C12H14N2/c13-14-11-7-3-1-5-9(11)10-6-2-4-8-12(10)14/h1,3-5,7-8,10,12H,2,6,13H2. The lowest BCUT2D eigenvalue weighted by molar-refractivity contribution is 0.552. The van der Waals surface area contributed by atoms with Gasteiger partial charge in [0.05, 0.1) is 11.7 Å². The number of hydrogen-bond acceptors (Lipinski definition) is 2. The van der Waals surface area contributed by atoms with Gasteiger partial charge in [0.25, 0.3) is 0 Å². The second-order valence-corrected chi connectivity index (χ2v) is 4.07. The molecule has 0 spiro atoms. The third-order valence-corrected chi connectivity index (χ3v) is 3.33. The van der Waals surface area contributed by atoms with Crippen molar-refractivity contribution in [3.63, 3.8) is 0 Å². The second kappa shape index (κ2) is 2.85. The molecular formula is C12H14N2. The summed E-state index contributed by atoms with van der Waals surface area (Å²) in [6.07, 6.45) is 6.90. The van der Waals surface area contributed by atoms with Gasteiger partial charge in [-0.25, -0.2) is 5.84 Å². The zero-order chi connectivity index (χ0) is 9.54. The van der Waals surface area contributed by atoms with E-state index in [1.165, 1.54) is 24.1 Å². The van der Waals surface area contributed by atoms with Gasteiger partial charge in [0.2, 0.25) is 0 Å². The van der Waals surface area contributed by atoms with Crippen molar-refractivity contribution < 1.29 is 0 Å². The van der Waals surface area contributed by atoms with Crippen molar-refractivity contribution in [3.05, 3.63) is 42.0 Å². The molecule has 1 aliphatic carbocycles. The molecule has 0 saturated carbocycles. The lowest BCUT2D eigenvalue weighted by atomic mass is 9.87. The molecule has 3 rings (SSSR count). The summed E-state index contributed by atoms with van der Waals surface area (Å²) in [4.78, 5) is 0. The molecule has 2 N–H and O–H groups in total. The highest BCUT2D eigenvalue weighted by atomic mass is 15.4. The third-order valence-electron chi connectivity index (χ3n) is 3.33. The number of anilines is 1. The van der Waals surface area contributed by atoms with Crippen molar-refractivity contribution in [2.75, 3.05) is 5.01 Å². The quantitative estimate of drug-likeness (QED) is 0.497. The van der Waals surface area contributed by atoms with Crippen LogP contribution in [0.2, 0.25) is 0 Å². The molecule has 2 unspecified atom stereocenters. The van der Waals surface area contributed by atoms with E-state index in [2.05, 4.69) is 36.4 Å². The van der Waals surface area contributed by atoms with E-state index < -0.39 is 0 Å². The lowest BCUT2D eigenvalue weighted by Crippen LogP contribution is -2.39. The van der Waals surface area contributed by atoms with Crippen molar-refractivity contribution in [1.29, 1.82) is 0 Å². The van der Waals surface area contributed by atoms with Crippen LogP contribution in [0, 0.1) is 0 Å². The summed E-state index contributed by atoms with van der Waals surface area (Å²) >= 11 is 0. The van der Waals surface area contributed by atoms with Crippen molar-refractivity contribution in [1.82, 2.24) is 0 Å². The molecule has 0 fully saturated rings. The Balaban J connectivity index is 2.13. The highest BCUT2D eigenvalue weighted by Crippen LogP contribution is 2.43. The molecule has 1 aromatic carbocycles. The Labute approximate surface area is 84.0 Å². The van der Waals surface area contributed by atoms with E-state index in [4.69, 9.17) is 5.84 Å². The molecule has 0 aromatic heterocycles. The first-order chi connectivity index (χ1) is 6.88. The van der Waals surface area contributed by atoms with Gasteiger partial charge >= 0.3 is 0 Å². The van der Waals surface area contributed by atoms with E-state index in [1.807, 2.05) is 5.01 Å². The van der Waals surface area contributed by atoms with Crippen LogP contribution in [0.5, 0.6) is 0 Å². The molecular weight excluding hydrogens is 172 g/mol. The van der Waals surface area contributed by atoms with E-state index in [-0.39, 0.29) is 0 Å². The predicted molar refractivity (Wildman–Crippen MR) is 58.0 cm³/mol. The molecule has 0 bridgehead atoms. The third kappa shape index (κ3) is 0.946. The Bertz CT molecular complexity index is 384. The van der Waals surface area contributed by atoms with Crippen LogP contribution in [0.1, 0.15) is 24.3 Å². The van der Waals surface area contributed by atoms with Gasteiger partial charge in [-0.05, 0) is 24.5 Å². The Morgan fingerprint density at radius 3 is 3.07 bits per heavy atom. The van der Waals surface area contributed by atoms with Crippen molar-refractivity contribution in [2.45, 2.75) is 24.8 Å². The molecule has 2 nitrogen and oxygen atoms in total. The zero-order valence-corrected chi connectivity index (χ0v) is 8.06. The Morgan fingerprint density at radius 2 is 2.14 bits per heavy atom. The number of hydrazine groups is 1. The number of para-hydroxylation sites is 1. The van der Waals surface area contributed by atoms with Gasteiger partial charge in [0.15, 0.2) is 0 Å². The maximum Gasteiger partial charge on any atom is 0.0702 e. The zero-order valence-electron chi connectivity index (χ0n) is 8.06. The van der Waals surface area contributed by atoms with Gasteiger partial charge < -0.3 is 5.01 Å². The number of fused-ring (bicyclic) bond motifs is 3. The average molecular weight is 186 g/mol. The van der Waals surface area contributed by atoms with Crippen LogP contribution in [0.15, 0.2) is 36.4 Å². The summed E-state index contributed by atoms with van der Waals surface area (Å²) in [5, 5.41) is 1.91. The van der Waals surface area contributed by atoms with Crippen LogP contribution in [0.25, 0.3) is 0 Å². The first-order valence-electron chi connectivity index (χ1n) is 5.17. The summed E-state index contributed by atoms with van der Waals surface area (Å²) in [5.41, 5.74) is 2.62. The fourth-order valence-corrected chi connectivity index (χ4v) is 2.64. The second-order valence-electron chi connectivity index (χ2n) is 4.07. The molecule has 72 valence electrons. The lowest BCUT2D eigenvalue weighted by Gasteiger charge is -2.25. The largest absolute Gasteiger partial charge is 0.303 e. The van der Waals surface area contributed by atoms with Crippen LogP contribution >= 0.6 is 0 Å². The molecule has 0 radical (unpaired) electrons. The first-order valence-corrected chi connectivity index (χ1v) is 5.17. The van der Waals surface area contributed by atoms with Gasteiger partial charge in [0, 0.05) is 5.92 Å². The predicted octanol–water partition coefficient (Wildman–Crippen LogP) is 2.18. The van der Waals surface area contributed by atoms with Crippen molar-refractivity contribution in [2.24, 2.45) is 5.84 Å². The summed E-state index contributed by atoms with van der Waals surface area (Å²) < 4.78 is 0. The fourth-order valence-electron chi connectivity index (χ4n) is 2.64. The monoisotopic (exact) mass is 186 g/mol. The van der Waals surface area contributed by atoms with E-state index in [1.54, 1.807) is 0 Å². The first kappa shape index (κ1) is 8.06. The molecule has 2 heteroatoms. The van der Waals surface area contributed by atoms with E-state index in [0.29, 0.717) is 12.0 Å². The molecule has 0 amide bonds. The van der Waals surface area contributed by atoms with E-state index >= 15 is 0 Å². The summed E-state index contributed by atoms with van der Waals surface area (Å²) in [6.45, 7) is 0. The minimum atomic E-state index is 0.390. The van der Waals surface area contributed by atoms with Gasteiger partial charge in [-0.15, -0.1) is 0 Å². The maximum atomic E-state index is 6.08. The molecule has 1 aliphatic heterocycles. The molecule has 1 aromatic rings. The SMILES string of the molecule is NN1c2ccccc2C2CCC=CC21. The van der Waals surface area contributed by atoms with Crippen LogP contribution in [-0.4, -0.2) is 6.04 Å². The molecule has 0 saturated heterocycles. The molecule has 1 heterocycles. The number of rotatable bonds is 0. The van der Waals surface area contributed by atoms with Gasteiger partial charge in [0.1, 0.15) is 0 Å². The number of nitrogens with zero attached hydrogens (tertiary/aromatic N) is 1. The molecule has 2 atom stereocenters. The summed E-state index contributed by atoms with van der Waals surface area (Å²) in [5.74, 6) is 6.70. The molecule has 2 aliphatic rings. The molecule has 14 heavy (non-hydrogen) atoms. The smallest absolute Gasteiger partial charge is 0.0702 e. The summed E-state index contributed by atoms with van der Waals surface area (Å²) in [7, 11) is 0. The highest BCUT2D eigenvalue weighted by Gasteiger charge is 2.35. The number of hydrogen-bond donors (Lipinski definition) is 1. The number of benzene rings is 1. The summed E-state index contributed by atoms with van der Waals surface area (Å²) in [6, 6.07) is 8.87. The van der Waals surface area contributed by atoms with Crippen LogP contribution in [-0.2, 0) is 0 Å². The number of nitrogens with two attached hydrogens (primary N) is 1. The van der Waals surface area contributed by atoms with Gasteiger partial charge in [-0.3, -0.25) is 0 Å². The minimum absolute atomic E-state index is 0.390. The topological polar surface area (TPSA) is 29.3 Å². The maximum absolute atomic E-state index is 6.08. The number of allylic oxidation sites excluding steroid dienone is 1. The van der Waals surface area contributed by atoms with E-state index in [9.17, 15) is 0 Å². The minimum Gasteiger partial charge on any atom is -0.303 e. The Hall–Kier alpha value is -1.28. The van der Waals surface area contributed by atoms with Gasteiger partial charge in [-0.1, -0.05) is 30.4 Å². The fraction of sp³-hybridized carbons (Fsp3) is 0.333. The Kier molecular flexibility index (Phi) is 1.64. The van der Waals surface area contributed by atoms with Crippen molar-refractivity contribution in [3.8, 4) is 0 Å². The van der Waals surface area contributed by atoms with Crippen LogP contribution in [0.4, 0.5) is 5.69 Å². The van der Waals surface area contributed by atoms with E-state index in [0.717, 1.165) is 0 Å². The highest BCUT2D eigenvalue weighted by molar-refractivity contribution is 5.62. The Morgan fingerprint density at radius 1 is 1.29 bits per heavy atom.